The van der Waals surface area contributed by atoms with E-state index in [1.165, 1.54) is 16.3 Å². The Bertz CT molecular complexity index is 572. The van der Waals surface area contributed by atoms with Crippen LogP contribution < -0.4 is 15.8 Å². The first-order valence-electron chi connectivity index (χ1n) is 6.49. The van der Waals surface area contributed by atoms with Gasteiger partial charge in [-0.05, 0) is 55.4 Å². The lowest BCUT2D eigenvalue weighted by Gasteiger charge is -2.30. The molecule has 1 unspecified atom stereocenters. The van der Waals surface area contributed by atoms with E-state index >= 15 is 0 Å². The Labute approximate surface area is 114 Å². The molecule has 0 aliphatic heterocycles. The summed E-state index contributed by atoms with van der Waals surface area (Å²) in [5, 5.41) is 5.67. The molecule has 0 bridgehead atoms. The maximum Gasteiger partial charge on any atom is 0.119 e. The highest BCUT2D eigenvalue weighted by Gasteiger charge is 2.25. The summed E-state index contributed by atoms with van der Waals surface area (Å²) >= 11 is 0. The molecule has 0 heterocycles. The predicted molar refractivity (Wildman–Crippen MR) is 80.6 cm³/mol. The highest BCUT2D eigenvalue weighted by atomic mass is 16.5. The van der Waals surface area contributed by atoms with Gasteiger partial charge in [-0.1, -0.05) is 18.2 Å². The van der Waals surface area contributed by atoms with Crippen LogP contribution in [0.25, 0.3) is 10.8 Å². The number of nitrogens with one attached hydrogen (secondary N) is 1. The molecule has 102 valence electrons. The van der Waals surface area contributed by atoms with E-state index in [0.29, 0.717) is 0 Å². The molecule has 0 aliphatic carbocycles. The summed E-state index contributed by atoms with van der Waals surface area (Å²) in [4.78, 5) is 0. The fourth-order valence-corrected chi connectivity index (χ4v) is 2.52. The van der Waals surface area contributed by atoms with Crippen LogP contribution in [0.2, 0.25) is 0 Å². The maximum absolute atomic E-state index is 6.23. The van der Waals surface area contributed by atoms with Crippen molar-refractivity contribution in [3.05, 3.63) is 42.0 Å². The van der Waals surface area contributed by atoms with E-state index in [1.54, 1.807) is 7.11 Å². The van der Waals surface area contributed by atoms with Crippen LogP contribution >= 0.6 is 0 Å². The van der Waals surface area contributed by atoms with Crippen molar-refractivity contribution < 1.29 is 4.74 Å². The molecule has 3 N–H and O–H groups in total. The third-order valence-electron chi connectivity index (χ3n) is 3.44. The molecule has 0 radical (unpaired) electrons. The van der Waals surface area contributed by atoms with E-state index in [-0.39, 0.29) is 11.6 Å². The molecule has 2 rings (SSSR count). The van der Waals surface area contributed by atoms with E-state index in [4.69, 9.17) is 10.5 Å². The minimum absolute atomic E-state index is 0.124. The molecule has 0 fully saturated rings. The van der Waals surface area contributed by atoms with Crippen molar-refractivity contribution in [3.63, 3.8) is 0 Å². The number of fused-ring (bicyclic) bond motifs is 1. The smallest absolute Gasteiger partial charge is 0.119 e. The van der Waals surface area contributed by atoms with Gasteiger partial charge in [-0.15, -0.1) is 0 Å². The monoisotopic (exact) mass is 258 g/mol. The first-order valence-corrected chi connectivity index (χ1v) is 6.49. The highest BCUT2D eigenvalue weighted by Crippen LogP contribution is 2.28. The number of rotatable bonds is 4. The molecule has 3 heteroatoms. The second kappa shape index (κ2) is 5.19. The van der Waals surface area contributed by atoms with Crippen molar-refractivity contribution >= 4 is 10.8 Å². The number of benzene rings is 2. The fourth-order valence-electron chi connectivity index (χ4n) is 2.52. The van der Waals surface area contributed by atoms with Crippen LogP contribution in [0.1, 0.15) is 25.5 Å². The Morgan fingerprint density at radius 1 is 1.11 bits per heavy atom. The Morgan fingerprint density at radius 2 is 1.74 bits per heavy atom. The first-order chi connectivity index (χ1) is 8.95. The molecule has 3 nitrogen and oxygen atoms in total. The minimum atomic E-state index is -0.311. The largest absolute Gasteiger partial charge is 0.497 e. The van der Waals surface area contributed by atoms with Crippen LogP contribution in [0, 0.1) is 0 Å². The Kier molecular flexibility index (Phi) is 3.78. The van der Waals surface area contributed by atoms with Crippen LogP contribution in [0.5, 0.6) is 5.75 Å². The quantitative estimate of drug-likeness (QED) is 0.886. The fraction of sp³-hybridized carbons (Fsp3) is 0.375. The summed E-state index contributed by atoms with van der Waals surface area (Å²) in [6, 6.07) is 12.6. The summed E-state index contributed by atoms with van der Waals surface area (Å²) in [5.41, 5.74) is 7.12. The van der Waals surface area contributed by atoms with E-state index < -0.39 is 0 Å². The molecule has 2 aromatic rings. The average Bonchev–Trinajstić information content (AvgIpc) is 2.37. The van der Waals surface area contributed by atoms with E-state index in [1.807, 2.05) is 33.0 Å². The summed E-state index contributed by atoms with van der Waals surface area (Å²) in [6.45, 7) is 4.07. The van der Waals surface area contributed by atoms with Gasteiger partial charge in [-0.3, -0.25) is 0 Å². The number of ether oxygens (including phenoxy) is 1. The van der Waals surface area contributed by atoms with Gasteiger partial charge in [0.05, 0.1) is 7.11 Å². The summed E-state index contributed by atoms with van der Waals surface area (Å²) in [7, 11) is 3.63. The van der Waals surface area contributed by atoms with Gasteiger partial charge in [0.2, 0.25) is 0 Å². The highest BCUT2D eigenvalue weighted by molar-refractivity contribution is 5.84. The van der Waals surface area contributed by atoms with E-state index in [9.17, 15) is 0 Å². The predicted octanol–water partition coefficient (Wildman–Crippen LogP) is 2.85. The lowest BCUT2D eigenvalue weighted by molar-refractivity contribution is 0.370. The zero-order valence-electron chi connectivity index (χ0n) is 12.0. The molecule has 19 heavy (non-hydrogen) atoms. The van der Waals surface area contributed by atoms with Gasteiger partial charge in [0.1, 0.15) is 5.75 Å². The number of nitrogens with two attached hydrogens (primary N) is 1. The topological polar surface area (TPSA) is 47.3 Å². The third-order valence-corrected chi connectivity index (χ3v) is 3.44. The van der Waals surface area contributed by atoms with Crippen molar-refractivity contribution in [2.45, 2.75) is 25.4 Å². The van der Waals surface area contributed by atoms with Gasteiger partial charge in [0.25, 0.3) is 0 Å². The summed E-state index contributed by atoms with van der Waals surface area (Å²) in [5.74, 6) is 0.879. The van der Waals surface area contributed by atoms with Crippen molar-refractivity contribution in [2.75, 3.05) is 14.2 Å². The summed E-state index contributed by atoms with van der Waals surface area (Å²) < 4.78 is 5.24. The lowest BCUT2D eigenvalue weighted by Crippen LogP contribution is -2.45. The standard InChI is InChI=1S/C16H22N2O/c1-16(2,17)15(18-3)13-6-5-12-10-14(19-4)8-7-11(12)9-13/h5-10,15,18H,17H2,1-4H3. The van der Waals surface area contributed by atoms with Gasteiger partial charge in [-0.2, -0.15) is 0 Å². The van der Waals surface area contributed by atoms with Crippen molar-refractivity contribution in [3.8, 4) is 5.75 Å². The van der Waals surface area contributed by atoms with Crippen molar-refractivity contribution in [2.24, 2.45) is 5.73 Å². The molecule has 2 aromatic carbocycles. The molecule has 0 saturated carbocycles. The van der Waals surface area contributed by atoms with Gasteiger partial charge in [0.15, 0.2) is 0 Å². The number of hydrogen-bond acceptors (Lipinski definition) is 3. The average molecular weight is 258 g/mol. The number of likely N-dealkylation sites (N-methyl/N-ethyl adjacent to an activating group) is 1. The second-order valence-corrected chi connectivity index (χ2v) is 5.52. The molecular formula is C16H22N2O. The molecule has 0 saturated heterocycles. The second-order valence-electron chi connectivity index (χ2n) is 5.52. The molecule has 1 atom stereocenters. The van der Waals surface area contributed by atoms with Crippen LogP contribution in [-0.4, -0.2) is 19.7 Å². The van der Waals surface area contributed by atoms with Crippen molar-refractivity contribution in [1.29, 1.82) is 0 Å². The Morgan fingerprint density at radius 3 is 2.32 bits per heavy atom. The van der Waals surface area contributed by atoms with Crippen LogP contribution in [0.4, 0.5) is 0 Å². The molecule has 0 aliphatic rings. The zero-order chi connectivity index (χ0) is 14.0. The molecule has 0 aromatic heterocycles. The van der Waals surface area contributed by atoms with E-state index in [0.717, 1.165) is 5.75 Å². The normalized spacial score (nSPS) is 13.5. The molecule has 0 amide bonds. The van der Waals surface area contributed by atoms with Crippen LogP contribution in [-0.2, 0) is 0 Å². The Hall–Kier alpha value is -1.58. The molecule has 0 spiro atoms. The van der Waals surface area contributed by atoms with Gasteiger partial charge in [-0.25, -0.2) is 0 Å². The molecular weight excluding hydrogens is 236 g/mol. The van der Waals surface area contributed by atoms with Crippen LogP contribution in [0.15, 0.2) is 36.4 Å². The van der Waals surface area contributed by atoms with Gasteiger partial charge in [0, 0.05) is 11.6 Å². The lowest BCUT2D eigenvalue weighted by atomic mass is 9.88. The first kappa shape index (κ1) is 13.8. The maximum atomic E-state index is 6.23. The van der Waals surface area contributed by atoms with Gasteiger partial charge >= 0.3 is 0 Å². The Balaban J connectivity index is 2.46. The van der Waals surface area contributed by atoms with Crippen molar-refractivity contribution in [1.82, 2.24) is 5.32 Å². The number of methoxy groups -OCH3 is 1. The summed E-state index contributed by atoms with van der Waals surface area (Å²) in [6.07, 6.45) is 0. The third kappa shape index (κ3) is 2.88. The minimum Gasteiger partial charge on any atom is -0.497 e. The van der Waals surface area contributed by atoms with E-state index in [2.05, 4.69) is 29.6 Å². The van der Waals surface area contributed by atoms with Gasteiger partial charge < -0.3 is 15.8 Å². The number of hydrogen-bond donors (Lipinski definition) is 2. The SMILES string of the molecule is CNC(c1ccc2cc(OC)ccc2c1)C(C)(C)N. The zero-order valence-corrected chi connectivity index (χ0v) is 12.0. The van der Waals surface area contributed by atoms with Crippen LogP contribution in [0.3, 0.4) is 0 Å².